The number of hydrogen-bond acceptors (Lipinski definition) is 2. The Balaban J connectivity index is 1.48. The van der Waals surface area contributed by atoms with Crippen molar-refractivity contribution in [3.05, 3.63) is 54.1 Å². The molecule has 2 aromatic rings. The summed E-state index contributed by atoms with van der Waals surface area (Å²) in [6, 6.07) is 10.6. The molecule has 20 heavy (non-hydrogen) atoms. The number of hydrogen-bond donors (Lipinski definition) is 0. The summed E-state index contributed by atoms with van der Waals surface area (Å²) in [5, 5.41) is 0. The molecule has 0 N–H and O–H groups in total. The lowest BCUT2D eigenvalue weighted by molar-refractivity contribution is -0.136. The standard InChI is InChI=1S/C16H19N3O/c1-13-17-9-10-19(13)15-11-18(12-15)16(20)8-7-14-5-3-2-4-6-14/h2-6,9-10,15H,7-8,11-12H2,1H3. The number of amides is 1. The van der Waals surface area contributed by atoms with E-state index >= 15 is 0 Å². The molecule has 0 spiro atoms. The summed E-state index contributed by atoms with van der Waals surface area (Å²) in [5.41, 5.74) is 1.23. The average Bonchev–Trinajstić information content (AvgIpc) is 2.82. The molecule has 1 aliphatic rings. The third-order valence-corrected chi connectivity index (χ3v) is 3.94. The smallest absolute Gasteiger partial charge is 0.223 e. The van der Waals surface area contributed by atoms with Crippen LogP contribution in [0.3, 0.4) is 0 Å². The Morgan fingerprint density at radius 1 is 1.30 bits per heavy atom. The molecule has 4 heteroatoms. The van der Waals surface area contributed by atoms with Gasteiger partial charge in [-0.15, -0.1) is 0 Å². The number of carbonyl (C=O) groups excluding carboxylic acids is 1. The van der Waals surface area contributed by atoms with Gasteiger partial charge in [0, 0.05) is 31.9 Å². The van der Waals surface area contributed by atoms with E-state index in [2.05, 4.69) is 21.7 Å². The van der Waals surface area contributed by atoms with Crippen molar-refractivity contribution in [2.24, 2.45) is 0 Å². The van der Waals surface area contributed by atoms with E-state index in [9.17, 15) is 4.79 Å². The van der Waals surface area contributed by atoms with Crippen LogP contribution in [-0.4, -0.2) is 33.4 Å². The second-order valence-electron chi connectivity index (χ2n) is 5.32. The van der Waals surface area contributed by atoms with E-state index < -0.39 is 0 Å². The van der Waals surface area contributed by atoms with Gasteiger partial charge < -0.3 is 9.47 Å². The number of likely N-dealkylation sites (tertiary alicyclic amines) is 1. The highest BCUT2D eigenvalue weighted by molar-refractivity contribution is 5.77. The van der Waals surface area contributed by atoms with Crippen molar-refractivity contribution in [1.29, 1.82) is 0 Å². The van der Waals surface area contributed by atoms with E-state index in [-0.39, 0.29) is 5.91 Å². The van der Waals surface area contributed by atoms with Crippen molar-refractivity contribution in [3.8, 4) is 0 Å². The highest BCUT2D eigenvalue weighted by Crippen LogP contribution is 2.23. The molecule has 1 aromatic heterocycles. The lowest BCUT2D eigenvalue weighted by Crippen LogP contribution is -2.50. The summed E-state index contributed by atoms with van der Waals surface area (Å²) in [7, 11) is 0. The fraction of sp³-hybridized carbons (Fsp3) is 0.375. The molecule has 0 unspecified atom stereocenters. The first kappa shape index (κ1) is 12.9. The van der Waals surface area contributed by atoms with Crippen molar-refractivity contribution >= 4 is 5.91 Å². The first-order chi connectivity index (χ1) is 9.74. The van der Waals surface area contributed by atoms with Crippen molar-refractivity contribution in [1.82, 2.24) is 14.5 Å². The molecule has 3 rings (SSSR count). The minimum absolute atomic E-state index is 0.253. The van der Waals surface area contributed by atoms with Crippen LogP contribution in [0.5, 0.6) is 0 Å². The topological polar surface area (TPSA) is 38.1 Å². The monoisotopic (exact) mass is 269 g/mol. The van der Waals surface area contributed by atoms with Crippen LogP contribution in [-0.2, 0) is 11.2 Å². The predicted molar refractivity (Wildman–Crippen MR) is 77.3 cm³/mol. The van der Waals surface area contributed by atoms with Gasteiger partial charge in [-0.3, -0.25) is 4.79 Å². The van der Waals surface area contributed by atoms with Crippen molar-refractivity contribution in [2.45, 2.75) is 25.8 Å². The lowest BCUT2D eigenvalue weighted by atomic mass is 10.1. The molecule has 1 amide bonds. The van der Waals surface area contributed by atoms with Gasteiger partial charge >= 0.3 is 0 Å². The predicted octanol–water partition coefficient (Wildman–Crippen LogP) is 2.21. The van der Waals surface area contributed by atoms with E-state index in [1.807, 2.05) is 42.4 Å². The fourth-order valence-electron chi connectivity index (χ4n) is 2.66. The molecule has 104 valence electrons. The first-order valence-corrected chi connectivity index (χ1v) is 7.05. The SMILES string of the molecule is Cc1nccn1C1CN(C(=O)CCc2ccccc2)C1. The van der Waals surface area contributed by atoms with Crippen LogP contribution in [0.15, 0.2) is 42.7 Å². The van der Waals surface area contributed by atoms with Gasteiger partial charge in [-0.1, -0.05) is 30.3 Å². The van der Waals surface area contributed by atoms with Crippen LogP contribution in [0, 0.1) is 6.92 Å². The van der Waals surface area contributed by atoms with Crippen LogP contribution >= 0.6 is 0 Å². The molecule has 1 aromatic carbocycles. The normalized spacial score (nSPS) is 15.2. The summed E-state index contributed by atoms with van der Waals surface area (Å²) in [5.74, 6) is 1.27. The van der Waals surface area contributed by atoms with Gasteiger partial charge in [0.15, 0.2) is 0 Å². The van der Waals surface area contributed by atoms with Crippen molar-refractivity contribution in [3.63, 3.8) is 0 Å². The Morgan fingerprint density at radius 3 is 2.70 bits per heavy atom. The molecular weight excluding hydrogens is 250 g/mol. The third kappa shape index (κ3) is 2.59. The van der Waals surface area contributed by atoms with Crippen LogP contribution in [0.25, 0.3) is 0 Å². The molecule has 0 aliphatic carbocycles. The Labute approximate surface area is 119 Å². The number of imidazole rings is 1. The zero-order valence-corrected chi connectivity index (χ0v) is 11.7. The highest BCUT2D eigenvalue weighted by atomic mass is 16.2. The minimum atomic E-state index is 0.253. The molecule has 0 bridgehead atoms. The summed E-state index contributed by atoms with van der Waals surface area (Å²) >= 11 is 0. The Kier molecular flexibility index (Phi) is 3.54. The van der Waals surface area contributed by atoms with Crippen molar-refractivity contribution in [2.75, 3.05) is 13.1 Å². The van der Waals surface area contributed by atoms with Gasteiger partial charge in [0.1, 0.15) is 5.82 Å². The number of aryl methyl sites for hydroxylation is 2. The van der Waals surface area contributed by atoms with Crippen LogP contribution < -0.4 is 0 Å². The van der Waals surface area contributed by atoms with Crippen molar-refractivity contribution < 1.29 is 4.79 Å². The Bertz CT molecular complexity index is 585. The van der Waals surface area contributed by atoms with Crippen LogP contribution in [0.2, 0.25) is 0 Å². The molecule has 0 saturated carbocycles. The maximum Gasteiger partial charge on any atom is 0.223 e. The Morgan fingerprint density at radius 2 is 2.05 bits per heavy atom. The van der Waals surface area contributed by atoms with Gasteiger partial charge in [-0.05, 0) is 18.9 Å². The molecule has 0 atom stereocenters. The highest BCUT2D eigenvalue weighted by Gasteiger charge is 2.31. The summed E-state index contributed by atoms with van der Waals surface area (Å²) < 4.78 is 2.15. The summed E-state index contributed by atoms with van der Waals surface area (Å²) in [6.07, 6.45) is 5.23. The minimum Gasteiger partial charge on any atom is -0.338 e. The largest absolute Gasteiger partial charge is 0.338 e. The van der Waals surface area contributed by atoms with E-state index in [0.29, 0.717) is 12.5 Å². The van der Waals surface area contributed by atoms with Gasteiger partial charge in [0.25, 0.3) is 0 Å². The van der Waals surface area contributed by atoms with Crippen LogP contribution in [0.1, 0.15) is 23.9 Å². The molecule has 4 nitrogen and oxygen atoms in total. The molecule has 2 heterocycles. The van der Waals surface area contributed by atoms with E-state index in [1.54, 1.807) is 0 Å². The number of benzene rings is 1. The maximum absolute atomic E-state index is 12.1. The lowest BCUT2D eigenvalue weighted by Gasteiger charge is -2.40. The van der Waals surface area contributed by atoms with E-state index in [4.69, 9.17) is 0 Å². The number of aromatic nitrogens is 2. The third-order valence-electron chi connectivity index (χ3n) is 3.94. The number of carbonyl (C=O) groups is 1. The summed E-state index contributed by atoms with van der Waals surface area (Å²) in [4.78, 5) is 18.3. The van der Waals surface area contributed by atoms with Gasteiger partial charge in [-0.2, -0.15) is 0 Å². The van der Waals surface area contributed by atoms with Crippen LogP contribution in [0.4, 0.5) is 0 Å². The second kappa shape index (κ2) is 5.49. The van der Waals surface area contributed by atoms with E-state index in [0.717, 1.165) is 25.3 Å². The van der Waals surface area contributed by atoms with Gasteiger partial charge in [-0.25, -0.2) is 4.98 Å². The quantitative estimate of drug-likeness (QED) is 0.853. The Hall–Kier alpha value is -2.10. The molecule has 1 fully saturated rings. The number of rotatable bonds is 4. The van der Waals surface area contributed by atoms with Gasteiger partial charge in [0.05, 0.1) is 6.04 Å². The fourth-order valence-corrected chi connectivity index (χ4v) is 2.66. The first-order valence-electron chi connectivity index (χ1n) is 7.05. The maximum atomic E-state index is 12.1. The molecule has 1 aliphatic heterocycles. The van der Waals surface area contributed by atoms with E-state index in [1.165, 1.54) is 5.56 Å². The zero-order chi connectivity index (χ0) is 13.9. The molecular formula is C16H19N3O. The zero-order valence-electron chi connectivity index (χ0n) is 11.7. The second-order valence-corrected chi connectivity index (χ2v) is 5.32. The molecule has 0 radical (unpaired) electrons. The van der Waals surface area contributed by atoms with Gasteiger partial charge in [0.2, 0.25) is 5.91 Å². The average molecular weight is 269 g/mol. The molecule has 1 saturated heterocycles. The summed E-state index contributed by atoms with van der Waals surface area (Å²) in [6.45, 7) is 3.62. The number of nitrogens with zero attached hydrogens (tertiary/aromatic N) is 3.